The molecule has 1 aliphatic rings. The maximum atomic E-state index is 11.7. The van der Waals surface area contributed by atoms with Crippen LogP contribution in [0.4, 0.5) is 0 Å². The Hall–Kier alpha value is -0.610. The van der Waals surface area contributed by atoms with E-state index in [0.717, 1.165) is 26.0 Å². The van der Waals surface area contributed by atoms with E-state index in [0.29, 0.717) is 6.61 Å². The van der Waals surface area contributed by atoms with Crippen molar-refractivity contribution in [3.63, 3.8) is 0 Å². The third-order valence-electron chi connectivity index (χ3n) is 2.80. The Bertz CT molecular complexity index is 212. The fraction of sp³-hybridized carbons (Fsp3) is 0.917. The molecule has 1 rings (SSSR count). The average Bonchev–Trinajstić information content (AvgIpc) is 2.70. The molecule has 1 heterocycles. The monoisotopic (exact) mass is 229 g/mol. The van der Waals surface area contributed by atoms with Gasteiger partial charge in [-0.1, -0.05) is 13.8 Å². The van der Waals surface area contributed by atoms with Crippen LogP contribution in [0.3, 0.4) is 0 Å². The third kappa shape index (κ3) is 4.10. The Kier molecular flexibility index (Phi) is 5.77. The Morgan fingerprint density at radius 3 is 2.81 bits per heavy atom. The van der Waals surface area contributed by atoms with Crippen LogP contribution in [0.5, 0.6) is 0 Å². The van der Waals surface area contributed by atoms with E-state index in [1.807, 2.05) is 20.8 Å². The summed E-state index contributed by atoms with van der Waals surface area (Å²) in [5, 5.41) is 3.25. The summed E-state index contributed by atoms with van der Waals surface area (Å²) < 4.78 is 10.5. The second kappa shape index (κ2) is 6.86. The van der Waals surface area contributed by atoms with Crippen LogP contribution in [0, 0.1) is 5.92 Å². The predicted octanol–water partition coefficient (Wildman–Crippen LogP) is 1.34. The first-order valence-corrected chi connectivity index (χ1v) is 6.16. The van der Waals surface area contributed by atoms with Crippen molar-refractivity contribution >= 4 is 5.97 Å². The van der Waals surface area contributed by atoms with Gasteiger partial charge in [0, 0.05) is 13.2 Å². The van der Waals surface area contributed by atoms with Gasteiger partial charge in [-0.2, -0.15) is 0 Å². The van der Waals surface area contributed by atoms with Gasteiger partial charge in [-0.25, -0.2) is 0 Å². The van der Waals surface area contributed by atoms with Gasteiger partial charge in [0.25, 0.3) is 0 Å². The normalized spacial score (nSPS) is 22.4. The lowest BCUT2D eigenvalue weighted by Crippen LogP contribution is -2.45. The van der Waals surface area contributed by atoms with Gasteiger partial charge in [-0.3, -0.25) is 4.79 Å². The smallest absolute Gasteiger partial charge is 0.323 e. The van der Waals surface area contributed by atoms with E-state index in [-0.39, 0.29) is 24.0 Å². The molecule has 1 saturated heterocycles. The number of rotatable bonds is 6. The van der Waals surface area contributed by atoms with Crippen LogP contribution in [0.25, 0.3) is 0 Å². The van der Waals surface area contributed by atoms with E-state index >= 15 is 0 Å². The van der Waals surface area contributed by atoms with Crippen molar-refractivity contribution in [2.24, 2.45) is 5.92 Å². The molecular formula is C12H23NO3. The molecule has 0 aromatic carbocycles. The number of nitrogens with one attached hydrogen (secondary N) is 1. The Morgan fingerprint density at radius 1 is 1.56 bits per heavy atom. The lowest BCUT2D eigenvalue weighted by Gasteiger charge is -2.22. The Labute approximate surface area is 97.7 Å². The van der Waals surface area contributed by atoms with E-state index in [1.165, 1.54) is 0 Å². The van der Waals surface area contributed by atoms with E-state index in [2.05, 4.69) is 5.32 Å². The molecule has 0 aromatic heterocycles. The lowest BCUT2D eigenvalue weighted by atomic mass is 10.0. The number of esters is 1. The quantitative estimate of drug-likeness (QED) is 0.698. The molecule has 1 aliphatic heterocycles. The van der Waals surface area contributed by atoms with Gasteiger partial charge >= 0.3 is 5.97 Å². The largest absolute Gasteiger partial charge is 0.465 e. The van der Waals surface area contributed by atoms with Crippen molar-refractivity contribution < 1.29 is 14.3 Å². The molecule has 0 spiro atoms. The highest BCUT2D eigenvalue weighted by Crippen LogP contribution is 2.12. The summed E-state index contributed by atoms with van der Waals surface area (Å²) in [6.45, 7) is 7.88. The molecule has 4 heteroatoms. The van der Waals surface area contributed by atoms with Crippen molar-refractivity contribution in [3.8, 4) is 0 Å². The minimum absolute atomic E-state index is 0.157. The van der Waals surface area contributed by atoms with Gasteiger partial charge in [0.15, 0.2) is 0 Å². The molecular weight excluding hydrogens is 206 g/mol. The number of carbonyl (C=O) groups is 1. The van der Waals surface area contributed by atoms with E-state index in [9.17, 15) is 4.79 Å². The highest BCUT2D eigenvalue weighted by molar-refractivity contribution is 5.76. The van der Waals surface area contributed by atoms with Crippen LogP contribution in [0.1, 0.15) is 33.6 Å². The molecule has 2 unspecified atom stereocenters. The maximum Gasteiger partial charge on any atom is 0.323 e. The van der Waals surface area contributed by atoms with Gasteiger partial charge in [-0.15, -0.1) is 0 Å². The summed E-state index contributed by atoms with van der Waals surface area (Å²) in [6.07, 6.45) is 2.47. The molecule has 1 fully saturated rings. The number of hydrogen-bond donors (Lipinski definition) is 1. The van der Waals surface area contributed by atoms with Crippen molar-refractivity contribution in [2.45, 2.75) is 45.8 Å². The number of ether oxygens (including phenoxy) is 2. The molecule has 4 nitrogen and oxygen atoms in total. The third-order valence-corrected chi connectivity index (χ3v) is 2.80. The van der Waals surface area contributed by atoms with Gasteiger partial charge in [0.05, 0.1) is 12.7 Å². The van der Waals surface area contributed by atoms with Gasteiger partial charge in [-0.05, 0) is 25.7 Å². The lowest BCUT2D eigenvalue weighted by molar-refractivity contribution is -0.147. The van der Waals surface area contributed by atoms with Gasteiger partial charge < -0.3 is 14.8 Å². The van der Waals surface area contributed by atoms with Crippen molar-refractivity contribution in [2.75, 3.05) is 19.8 Å². The highest BCUT2D eigenvalue weighted by Gasteiger charge is 2.25. The maximum absolute atomic E-state index is 11.7. The zero-order chi connectivity index (χ0) is 12.0. The highest BCUT2D eigenvalue weighted by atomic mass is 16.5. The van der Waals surface area contributed by atoms with Crippen LogP contribution in [0.2, 0.25) is 0 Å². The second-order valence-corrected chi connectivity index (χ2v) is 4.52. The van der Waals surface area contributed by atoms with Crippen LogP contribution in [0.15, 0.2) is 0 Å². The molecule has 0 amide bonds. The first-order valence-electron chi connectivity index (χ1n) is 6.16. The van der Waals surface area contributed by atoms with E-state index in [4.69, 9.17) is 9.47 Å². The second-order valence-electron chi connectivity index (χ2n) is 4.52. The molecule has 2 atom stereocenters. The average molecular weight is 229 g/mol. The topological polar surface area (TPSA) is 47.6 Å². The summed E-state index contributed by atoms with van der Waals surface area (Å²) in [4.78, 5) is 11.7. The SMILES string of the molecule is CCOC(=O)C(NCC1CCCO1)C(C)C. The van der Waals surface area contributed by atoms with Crippen LogP contribution >= 0.6 is 0 Å². The molecule has 0 aliphatic carbocycles. The molecule has 0 bridgehead atoms. The fourth-order valence-corrected chi connectivity index (χ4v) is 1.89. The van der Waals surface area contributed by atoms with Crippen molar-refractivity contribution in [3.05, 3.63) is 0 Å². The van der Waals surface area contributed by atoms with Crippen LogP contribution < -0.4 is 5.32 Å². The number of carbonyl (C=O) groups excluding carboxylic acids is 1. The first kappa shape index (κ1) is 13.5. The molecule has 0 saturated carbocycles. The Morgan fingerprint density at radius 2 is 2.31 bits per heavy atom. The number of hydrogen-bond acceptors (Lipinski definition) is 4. The summed E-state index contributed by atoms with van der Waals surface area (Å²) in [5.74, 6) is 0.0796. The van der Waals surface area contributed by atoms with Gasteiger partial charge in [0.2, 0.25) is 0 Å². The standard InChI is InChI=1S/C12H23NO3/c1-4-15-12(14)11(9(2)3)13-8-10-6-5-7-16-10/h9-11,13H,4-8H2,1-3H3. The van der Waals surface area contributed by atoms with Crippen molar-refractivity contribution in [1.82, 2.24) is 5.32 Å². The molecule has 16 heavy (non-hydrogen) atoms. The minimum atomic E-state index is -0.218. The van der Waals surface area contributed by atoms with E-state index in [1.54, 1.807) is 0 Å². The van der Waals surface area contributed by atoms with Crippen molar-refractivity contribution in [1.29, 1.82) is 0 Å². The minimum Gasteiger partial charge on any atom is -0.465 e. The first-order chi connectivity index (χ1) is 7.65. The molecule has 94 valence electrons. The van der Waals surface area contributed by atoms with Gasteiger partial charge in [0.1, 0.15) is 6.04 Å². The molecule has 0 radical (unpaired) electrons. The summed E-state index contributed by atoms with van der Waals surface area (Å²) in [5.41, 5.74) is 0. The van der Waals surface area contributed by atoms with E-state index < -0.39 is 0 Å². The Balaban J connectivity index is 2.34. The fourth-order valence-electron chi connectivity index (χ4n) is 1.89. The zero-order valence-electron chi connectivity index (χ0n) is 10.5. The molecule has 1 N–H and O–H groups in total. The summed E-state index contributed by atoms with van der Waals surface area (Å²) >= 11 is 0. The summed E-state index contributed by atoms with van der Waals surface area (Å²) in [7, 11) is 0. The predicted molar refractivity (Wildman–Crippen MR) is 62.2 cm³/mol. The zero-order valence-corrected chi connectivity index (χ0v) is 10.5. The van der Waals surface area contributed by atoms with Crippen LogP contribution in [-0.2, 0) is 14.3 Å². The van der Waals surface area contributed by atoms with Crippen LogP contribution in [-0.4, -0.2) is 37.9 Å². The summed E-state index contributed by atoms with van der Waals surface area (Å²) in [6, 6.07) is -0.218. The molecule has 0 aromatic rings.